The van der Waals surface area contributed by atoms with Crippen LogP contribution in [-0.2, 0) is 9.53 Å². The Bertz CT molecular complexity index is 284. The number of carbonyl (C=O) groups is 1. The first kappa shape index (κ1) is 17.4. The van der Waals surface area contributed by atoms with Gasteiger partial charge in [0.05, 0.1) is 6.61 Å². The van der Waals surface area contributed by atoms with Crippen molar-refractivity contribution in [3.05, 3.63) is 0 Å². The van der Waals surface area contributed by atoms with Gasteiger partial charge < -0.3 is 14.7 Å². The van der Waals surface area contributed by atoms with E-state index in [0.717, 1.165) is 25.9 Å². The van der Waals surface area contributed by atoms with Gasteiger partial charge in [0, 0.05) is 13.2 Å². The molecular weight excluding hydrogens is 254 g/mol. The highest BCUT2D eigenvalue weighted by atomic mass is 16.5. The van der Waals surface area contributed by atoms with Crippen LogP contribution in [0.1, 0.15) is 47.0 Å². The molecule has 1 unspecified atom stereocenters. The molecule has 1 N–H and O–H groups in total. The van der Waals surface area contributed by atoms with Crippen LogP contribution in [0.4, 0.5) is 0 Å². The number of aliphatic carboxylic acids is 1. The molecule has 0 aromatic heterocycles. The van der Waals surface area contributed by atoms with Crippen LogP contribution in [0.15, 0.2) is 0 Å². The molecule has 0 saturated carbocycles. The Labute approximate surface area is 123 Å². The van der Waals surface area contributed by atoms with E-state index in [0.29, 0.717) is 38.0 Å². The van der Waals surface area contributed by atoms with E-state index in [-0.39, 0.29) is 0 Å². The van der Waals surface area contributed by atoms with Crippen LogP contribution in [0.25, 0.3) is 0 Å². The molecule has 0 bridgehead atoms. The van der Waals surface area contributed by atoms with Gasteiger partial charge in [0.1, 0.15) is 5.41 Å². The fourth-order valence-electron chi connectivity index (χ4n) is 2.55. The lowest BCUT2D eigenvalue weighted by atomic mass is 9.86. The summed E-state index contributed by atoms with van der Waals surface area (Å²) in [5.41, 5.74) is -0.687. The number of nitrogens with zero attached hydrogens (tertiary/aromatic N) is 1. The third-order valence-electron chi connectivity index (χ3n) is 4.13. The van der Waals surface area contributed by atoms with Gasteiger partial charge in [-0.1, -0.05) is 27.7 Å². The van der Waals surface area contributed by atoms with Crippen molar-refractivity contribution in [3.63, 3.8) is 0 Å². The van der Waals surface area contributed by atoms with E-state index in [1.165, 1.54) is 0 Å². The van der Waals surface area contributed by atoms with Gasteiger partial charge in [-0.15, -0.1) is 0 Å². The fraction of sp³-hybridized carbons (Fsp3) is 0.938. The minimum absolute atomic E-state index is 0.363. The summed E-state index contributed by atoms with van der Waals surface area (Å²) in [6.45, 7) is 12.4. The van der Waals surface area contributed by atoms with E-state index in [1.807, 2.05) is 0 Å². The van der Waals surface area contributed by atoms with E-state index >= 15 is 0 Å². The molecule has 20 heavy (non-hydrogen) atoms. The van der Waals surface area contributed by atoms with Crippen LogP contribution >= 0.6 is 0 Å². The summed E-state index contributed by atoms with van der Waals surface area (Å²) in [6, 6.07) is 0. The monoisotopic (exact) mass is 285 g/mol. The van der Waals surface area contributed by atoms with E-state index in [9.17, 15) is 9.90 Å². The minimum Gasteiger partial charge on any atom is -0.481 e. The summed E-state index contributed by atoms with van der Waals surface area (Å²) in [6.07, 6.45) is 2.88. The standard InChI is InChI=1S/C16H31NO3/c1-13(2)5-8-17(9-6-14(3)4)11-16(15(18)19)7-10-20-12-16/h13-14H,5-12H2,1-4H3,(H,18,19). The van der Waals surface area contributed by atoms with Crippen LogP contribution in [0, 0.1) is 17.3 Å². The van der Waals surface area contributed by atoms with Crippen molar-refractivity contribution in [1.29, 1.82) is 0 Å². The summed E-state index contributed by atoms with van der Waals surface area (Å²) in [5.74, 6) is 0.600. The van der Waals surface area contributed by atoms with Crippen LogP contribution in [0.3, 0.4) is 0 Å². The Morgan fingerprint density at radius 1 is 1.20 bits per heavy atom. The molecule has 0 amide bonds. The maximum Gasteiger partial charge on any atom is 0.313 e. The molecule has 1 atom stereocenters. The highest BCUT2D eigenvalue weighted by Crippen LogP contribution is 2.30. The van der Waals surface area contributed by atoms with Gasteiger partial charge in [-0.2, -0.15) is 0 Å². The van der Waals surface area contributed by atoms with Crippen molar-refractivity contribution in [2.24, 2.45) is 17.3 Å². The normalized spacial score (nSPS) is 23.1. The van der Waals surface area contributed by atoms with Crippen molar-refractivity contribution in [3.8, 4) is 0 Å². The zero-order chi connectivity index (χ0) is 15.2. The Balaban J connectivity index is 2.63. The highest BCUT2D eigenvalue weighted by molar-refractivity contribution is 5.75. The second-order valence-corrected chi connectivity index (χ2v) is 7.03. The molecular formula is C16H31NO3. The molecule has 1 rings (SSSR count). The van der Waals surface area contributed by atoms with Gasteiger partial charge in [0.2, 0.25) is 0 Å². The number of ether oxygens (including phenoxy) is 1. The number of carboxylic acids is 1. The SMILES string of the molecule is CC(C)CCN(CCC(C)C)CC1(C(=O)O)CCOC1. The van der Waals surface area contributed by atoms with Gasteiger partial charge in [0.25, 0.3) is 0 Å². The van der Waals surface area contributed by atoms with Crippen LogP contribution in [0.2, 0.25) is 0 Å². The zero-order valence-corrected chi connectivity index (χ0v) is 13.5. The summed E-state index contributed by atoms with van der Waals surface area (Å²) in [7, 11) is 0. The van der Waals surface area contributed by atoms with Crippen molar-refractivity contribution in [2.75, 3.05) is 32.8 Å². The Hall–Kier alpha value is -0.610. The number of hydrogen-bond acceptors (Lipinski definition) is 3. The molecule has 1 aliphatic rings. The van der Waals surface area contributed by atoms with Gasteiger partial charge in [-0.25, -0.2) is 0 Å². The average Bonchev–Trinajstić information content (AvgIpc) is 2.82. The van der Waals surface area contributed by atoms with Crippen molar-refractivity contribution < 1.29 is 14.6 Å². The lowest BCUT2D eigenvalue weighted by molar-refractivity contribution is -0.150. The third kappa shape index (κ3) is 5.41. The van der Waals surface area contributed by atoms with Gasteiger partial charge >= 0.3 is 5.97 Å². The summed E-state index contributed by atoms with van der Waals surface area (Å²) < 4.78 is 5.37. The molecule has 1 aliphatic heterocycles. The first-order valence-corrected chi connectivity index (χ1v) is 7.89. The number of rotatable bonds is 9. The predicted molar refractivity (Wildman–Crippen MR) is 80.9 cm³/mol. The fourth-order valence-corrected chi connectivity index (χ4v) is 2.55. The zero-order valence-electron chi connectivity index (χ0n) is 13.5. The predicted octanol–water partition coefficient (Wildman–Crippen LogP) is 2.87. The van der Waals surface area contributed by atoms with Crippen molar-refractivity contribution in [2.45, 2.75) is 47.0 Å². The third-order valence-corrected chi connectivity index (χ3v) is 4.13. The molecule has 0 spiro atoms. The molecule has 4 heteroatoms. The Morgan fingerprint density at radius 3 is 2.10 bits per heavy atom. The lowest BCUT2D eigenvalue weighted by Gasteiger charge is -2.32. The quantitative estimate of drug-likeness (QED) is 0.707. The first-order valence-electron chi connectivity index (χ1n) is 7.89. The number of hydrogen-bond donors (Lipinski definition) is 1. The van der Waals surface area contributed by atoms with Gasteiger partial charge in [-0.3, -0.25) is 4.79 Å². The molecule has 1 saturated heterocycles. The van der Waals surface area contributed by atoms with Crippen molar-refractivity contribution >= 4 is 5.97 Å². The Morgan fingerprint density at radius 2 is 1.75 bits per heavy atom. The molecule has 118 valence electrons. The maximum absolute atomic E-state index is 11.6. The second-order valence-electron chi connectivity index (χ2n) is 7.03. The highest BCUT2D eigenvalue weighted by Gasteiger charge is 2.43. The first-order chi connectivity index (χ1) is 9.35. The van der Waals surface area contributed by atoms with Crippen LogP contribution < -0.4 is 0 Å². The lowest BCUT2D eigenvalue weighted by Crippen LogP contribution is -2.44. The minimum atomic E-state index is -0.700. The molecule has 1 fully saturated rings. The second kappa shape index (κ2) is 7.99. The average molecular weight is 285 g/mol. The maximum atomic E-state index is 11.6. The summed E-state index contributed by atoms with van der Waals surface area (Å²) >= 11 is 0. The topological polar surface area (TPSA) is 49.8 Å². The largest absolute Gasteiger partial charge is 0.481 e. The van der Waals surface area contributed by atoms with Crippen molar-refractivity contribution in [1.82, 2.24) is 4.90 Å². The van der Waals surface area contributed by atoms with E-state index < -0.39 is 11.4 Å². The van der Waals surface area contributed by atoms with Gasteiger partial charge in [-0.05, 0) is 44.2 Å². The molecule has 0 radical (unpaired) electrons. The Kier molecular flexibility index (Phi) is 6.96. The molecule has 4 nitrogen and oxygen atoms in total. The molecule has 0 aromatic carbocycles. The van der Waals surface area contributed by atoms with E-state index in [2.05, 4.69) is 32.6 Å². The summed E-state index contributed by atoms with van der Waals surface area (Å²) in [4.78, 5) is 14.0. The summed E-state index contributed by atoms with van der Waals surface area (Å²) in [5, 5.41) is 9.56. The number of carboxylic acid groups (broad SMARTS) is 1. The molecule has 1 heterocycles. The molecule has 0 aliphatic carbocycles. The van der Waals surface area contributed by atoms with Gasteiger partial charge in [0.15, 0.2) is 0 Å². The van der Waals surface area contributed by atoms with Crippen LogP contribution in [0.5, 0.6) is 0 Å². The van der Waals surface area contributed by atoms with E-state index in [1.54, 1.807) is 0 Å². The molecule has 0 aromatic rings. The van der Waals surface area contributed by atoms with Crippen LogP contribution in [-0.4, -0.2) is 48.8 Å². The smallest absolute Gasteiger partial charge is 0.313 e. The van der Waals surface area contributed by atoms with E-state index in [4.69, 9.17) is 4.74 Å².